The standard InChI is InChI=1S/C37H77N.C14H28O2/c1-3-5-7-9-11-13-15-17-19-21-23-25-27-29-31-33-35-37(38)36-34-32-30-28-26-24-22-20-18-16-14-12-10-8-6-4-2;1-2-3-4-5-6-7-8-9-10-11-12-13-14(15)16/h37H,3-36,38H2,1-2H3;2-13H2,1H3,(H,15,16). The Morgan fingerprint density at radius 1 is 0.315 bits per heavy atom. The largest absolute Gasteiger partial charge is 0.481 e. The van der Waals surface area contributed by atoms with E-state index >= 15 is 0 Å². The smallest absolute Gasteiger partial charge is 0.303 e. The van der Waals surface area contributed by atoms with Gasteiger partial charge in [-0.1, -0.05) is 290 Å². The molecule has 0 saturated heterocycles. The maximum atomic E-state index is 10.3. The Morgan fingerprint density at radius 3 is 0.667 bits per heavy atom. The zero-order chi connectivity index (χ0) is 39.7. The summed E-state index contributed by atoms with van der Waals surface area (Å²) in [6, 6.07) is 0.466. The molecular weight excluding hydrogens is 659 g/mol. The lowest BCUT2D eigenvalue weighted by Gasteiger charge is -2.11. The van der Waals surface area contributed by atoms with Crippen LogP contribution in [0.2, 0.25) is 0 Å². The third-order valence-corrected chi connectivity index (χ3v) is 11.9. The average Bonchev–Trinajstić information content (AvgIpc) is 3.16. The summed E-state index contributed by atoms with van der Waals surface area (Å²) in [5.41, 5.74) is 6.39. The highest BCUT2D eigenvalue weighted by atomic mass is 16.4. The predicted molar refractivity (Wildman–Crippen MR) is 245 cm³/mol. The lowest BCUT2D eigenvalue weighted by atomic mass is 10.00. The SMILES string of the molecule is CCCCCCCCCCCCCC(=O)O.CCCCCCCCCCCCCCCCCCC(N)CCCCCCCCCCCCCCCCCC. The number of carboxylic acid groups (broad SMARTS) is 1. The normalized spacial score (nSPS) is 11.4. The van der Waals surface area contributed by atoms with Crippen molar-refractivity contribution in [3.8, 4) is 0 Å². The first-order valence-electron chi connectivity index (χ1n) is 25.6. The fourth-order valence-corrected chi connectivity index (χ4v) is 7.99. The van der Waals surface area contributed by atoms with Gasteiger partial charge >= 0.3 is 5.97 Å². The Morgan fingerprint density at radius 2 is 0.481 bits per heavy atom. The van der Waals surface area contributed by atoms with Crippen LogP contribution in [0.1, 0.15) is 316 Å². The number of unbranched alkanes of at least 4 members (excludes halogenated alkanes) is 40. The number of hydrogen-bond donors (Lipinski definition) is 2. The van der Waals surface area contributed by atoms with Gasteiger partial charge in [0.1, 0.15) is 0 Å². The molecule has 0 atom stereocenters. The van der Waals surface area contributed by atoms with E-state index < -0.39 is 5.97 Å². The third-order valence-electron chi connectivity index (χ3n) is 11.9. The van der Waals surface area contributed by atoms with Crippen molar-refractivity contribution in [3.63, 3.8) is 0 Å². The second-order valence-electron chi connectivity index (χ2n) is 17.6. The summed E-state index contributed by atoms with van der Waals surface area (Å²) in [7, 11) is 0. The van der Waals surface area contributed by atoms with Crippen molar-refractivity contribution in [1.82, 2.24) is 0 Å². The highest BCUT2D eigenvalue weighted by molar-refractivity contribution is 5.66. The van der Waals surface area contributed by atoms with Crippen LogP contribution in [0.15, 0.2) is 0 Å². The first kappa shape index (κ1) is 55.5. The molecule has 0 spiro atoms. The summed E-state index contributed by atoms with van der Waals surface area (Å²) in [6.45, 7) is 6.86. The summed E-state index contributed by atoms with van der Waals surface area (Å²) in [5.74, 6) is -0.657. The molecule has 0 rings (SSSR count). The first-order chi connectivity index (χ1) is 26.6. The predicted octanol–water partition coefficient (Wildman–Crippen LogP) is 18.4. The number of rotatable bonds is 46. The van der Waals surface area contributed by atoms with Gasteiger partial charge in [-0.2, -0.15) is 0 Å². The van der Waals surface area contributed by atoms with Crippen molar-refractivity contribution in [3.05, 3.63) is 0 Å². The van der Waals surface area contributed by atoms with Gasteiger partial charge in [0, 0.05) is 12.5 Å². The molecule has 0 aromatic heterocycles. The van der Waals surface area contributed by atoms with Crippen molar-refractivity contribution in [2.24, 2.45) is 5.73 Å². The van der Waals surface area contributed by atoms with Crippen molar-refractivity contribution >= 4 is 5.97 Å². The van der Waals surface area contributed by atoms with Gasteiger partial charge < -0.3 is 10.8 Å². The number of carbonyl (C=O) groups is 1. The van der Waals surface area contributed by atoms with Gasteiger partial charge in [0.05, 0.1) is 0 Å². The van der Waals surface area contributed by atoms with Crippen molar-refractivity contribution in [2.75, 3.05) is 0 Å². The summed E-state index contributed by atoms with van der Waals surface area (Å²) in [5, 5.41) is 8.46. The van der Waals surface area contributed by atoms with Crippen LogP contribution < -0.4 is 5.73 Å². The van der Waals surface area contributed by atoms with Crippen LogP contribution >= 0.6 is 0 Å². The molecule has 0 aliphatic heterocycles. The highest BCUT2D eigenvalue weighted by Gasteiger charge is 2.03. The lowest BCUT2D eigenvalue weighted by Crippen LogP contribution is -2.19. The van der Waals surface area contributed by atoms with Crippen LogP contribution in [0.5, 0.6) is 0 Å². The van der Waals surface area contributed by atoms with E-state index in [4.69, 9.17) is 10.8 Å². The number of carboxylic acids is 1. The molecule has 3 nitrogen and oxygen atoms in total. The topological polar surface area (TPSA) is 63.3 Å². The first-order valence-corrected chi connectivity index (χ1v) is 25.6. The summed E-state index contributed by atoms with van der Waals surface area (Å²) < 4.78 is 0. The Balaban J connectivity index is 0. The molecule has 0 aliphatic carbocycles. The molecule has 3 heteroatoms. The molecule has 0 radical (unpaired) electrons. The van der Waals surface area contributed by atoms with E-state index in [2.05, 4.69) is 20.8 Å². The van der Waals surface area contributed by atoms with Gasteiger partial charge in [0.15, 0.2) is 0 Å². The Hall–Kier alpha value is -0.570. The van der Waals surface area contributed by atoms with Crippen LogP contribution in [0, 0.1) is 0 Å². The molecule has 0 saturated carbocycles. The highest BCUT2D eigenvalue weighted by Crippen LogP contribution is 2.17. The molecule has 0 aromatic rings. The van der Waals surface area contributed by atoms with Gasteiger partial charge in [-0.25, -0.2) is 0 Å². The van der Waals surface area contributed by atoms with Gasteiger partial charge in [-0.15, -0.1) is 0 Å². The van der Waals surface area contributed by atoms with Crippen molar-refractivity contribution < 1.29 is 9.90 Å². The third kappa shape index (κ3) is 55.8. The second-order valence-corrected chi connectivity index (χ2v) is 17.6. The van der Waals surface area contributed by atoms with Crippen LogP contribution in [0.4, 0.5) is 0 Å². The molecular formula is C51H105NO2. The quantitative estimate of drug-likeness (QED) is 0.0607. The summed E-state index contributed by atoms with van der Waals surface area (Å²) in [6.07, 6.45) is 63.2. The molecule has 0 aromatic carbocycles. The molecule has 0 fully saturated rings. The monoisotopic (exact) mass is 764 g/mol. The lowest BCUT2D eigenvalue weighted by molar-refractivity contribution is -0.137. The van der Waals surface area contributed by atoms with Crippen LogP contribution in [0.25, 0.3) is 0 Å². The number of nitrogens with two attached hydrogens (primary N) is 1. The van der Waals surface area contributed by atoms with E-state index in [1.54, 1.807) is 0 Å². The molecule has 326 valence electrons. The van der Waals surface area contributed by atoms with Crippen LogP contribution in [-0.4, -0.2) is 17.1 Å². The van der Waals surface area contributed by atoms with Crippen LogP contribution in [0.3, 0.4) is 0 Å². The molecule has 3 N–H and O–H groups in total. The zero-order valence-electron chi connectivity index (χ0n) is 38.0. The molecule has 0 bridgehead atoms. The Bertz CT molecular complexity index is 615. The van der Waals surface area contributed by atoms with Crippen LogP contribution in [-0.2, 0) is 4.79 Å². The summed E-state index contributed by atoms with van der Waals surface area (Å²) in [4.78, 5) is 10.3. The fourth-order valence-electron chi connectivity index (χ4n) is 7.99. The van der Waals surface area contributed by atoms with E-state index in [1.165, 1.54) is 276 Å². The average molecular weight is 764 g/mol. The fraction of sp³-hybridized carbons (Fsp3) is 0.980. The van der Waals surface area contributed by atoms with Gasteiger partial charge in [-0.3, -0.25) is 4.79 Å². The maximum absolute atomic E-state index is 10.3. The van der Waals surface area contributed by atoms with E-state index in [1.807, 2.05) is 0 Å². The molecule has 54 heavy (non-hydrogen) atoms. The minimum absolute atomic E-state index is 0.344. The Labute approximate surface area is 342 Å². The molecule has 0 amide bonds. The number of hydrogen-bond acceptors (Lipinski definition) is 2. The second kappa shape index (κ2) is 52.4. The van der Waals surface area contributed by atoms with Gasteiger partial charge in [0.25, 0.3) is 0 Å². The summed E-state index contributed by atoms with van der Waals surface area (Å²) >= 11 is 0. The Kier molecular flexibility index (Phi) is 53.9. The number of aliphatic carboxylic acids is 1. The minimum atomic E-state index is -0.657. The van der Waals surface area contributed by atoms with E-state index in [9.17, 15) is 4.79 Å². The maximum Gasteiger partial charge on any atom is 0.303 e. The molecule has 0 unspecified atom stereocenters. The molecule has 0 heterocycles. The van der Waals surface area contributed by atoms with Gasteiger partial charge in [0.2, 0.25) is 0 Å². The zero-order valence-corrected chi connectivity index (χ0v) is 38.0. The van der Waals surface area contributed by atoms with Gasteiger partial charge in [-0.05, 0) is 19.3 Å². The van der Waals surface area contributed by atoms with Crippen molar-refractivity contribution in [1.29, 1.82) is 0 Å². The van der Waals surface area contributed by atoms with E-state index in [-0.39, 0.29) is 0 Å². The van der Waals surface area contributed by atoms with E-state index in [0.717, 1.165) is 12.8 Å². The van der Waals surface area contributed by atoms with Crippen molar-refractivity contribution in [2.45, 2.75) is 322 Å². The minimum Gasteiger partial charge on any atom is -0.481 e. The molecule has 0 aliphatic rings. The van der Waals surface area contributed by atoms with E-state index in [0.29, 0.717) is 12.5 Å².